The Labute approximate surface area is 177 Å². The number of carbonyl (C=O) groups is 1. The van der Waals surface area contributed by atoms with Gasteiger partial charge in [-0.25, -0.2) is 13.4 Å². The molecule has 0 atom stereocenters. The summed E-state index contributed by atoms with van der Waals surface area (Å²) in [6.45, 7) is 0. The van der Waals surface area contributed by atoms with Gasteiger partial charge in [0, 0.05) is 11.8 Å². The summed E-state index contributed by atoms with van der Waals surface area (Å²) in [4.78, 5) is 23.0. The summed E-state index contributed by atoms with van der Waals surface area (Å²) in [6, 6.07) is 5.80. The second-order valence-corrected chi connectivity index (χ2v) is 9.76. The van der Waals surface area contributed by atoms with E-state index in [1.807, 2.05) is 0 Å². The number of nitrogens with zero attached hydrogens (tertiary/aromatic N) is 3. The summed E-state index contributed by atoms with van der Waals surface area (Å²) >= 11 is 1.02. The number of anilines is 1. The van der Waals surface area contributed by atoms with E-state index in [0.29, 0.717) is 10.4 Å². The van der Waals surface area contributed by atoms with Gasteiger partial charge in [-0.05, 0) is 37.8 Å². The first-order valence-corrected chi connectivity index (χ1v) is 11.8. The van der Waals surface area contributed by atoms with Crippen LogP contribution >= 0.6 is 11.3 Å². The number of nitrogens with one attached hydrogen (secondary N) is 1. The Hall–Kier alpha value is -2.99. The predicted molar refractivity (Wildman–Crippen MR) is 113 cm³/mol. The number of aromatic nitrogens is 1. The second-order valence-electron chi connectivity index (χ2n) is 6.72. The number of thiazole rings is 1. The molecule has 1 saturated carbocycles. The zero-order valence-electron chi connectivity index (χ0n) is 16.1. The van der Waals surface area contributed by atoms with E-state index in [2.05, 4.69) is 20.6 Å². The quantitative estimate of drug-likeness (QED) is 0.251. The normalized spacial score (nSPS) is 15.9. The highest BCUT2D eigenvalue weighted by Crippen LogP contribution is 2.22. The van der Waals surface area contributed by atoms with Crippen LogP contribution in [-0.2, 0) is 19.5 Å². The molecule has 1 heterocycles. The molecule has 1 fully saturated rings. The molecule has 1 amide bonds. The van der Waals surface area contributed by atoms with E-state index in [4.69, 9.17) is 15.8 Å². The first kappa shape index (κ1) is 21.7. The lowest BCUT2D eigenvalue weighted by Gasteiger charge is -2.10. The van der Waals surface area contributed by atoms with Gasteiger partial charge < -0.3 is 15.8 Å². The van der Waals surface area contributed by atoms with Crippen molar-refractivity contribution in [2.24, 2.45) is 16.0 Å². The number of benzene rings is 1. The molecule has 2 aromatic rings. The van der Waals surface area contributed by atoms with Crippen molar-refractivity contribution in [2.75, 3.05) is 11.6 Å². The molecule has 3 rings (SSSR count). The van der Waals surface area contributed by atoms with Gasteiger partial charge in [-0.1, -0.05) is 33.8 Å². The summed E-state index contributed by atoms with van der Waals surface area (Å²) in [6.07, 6.45) is 6.22. The summed E-state index contributed by atoms with van der Waals surface area (Å²) in [5.74, 6) is -0.705. The molecule has 0 spiro atoms. The van der Waals surface area contributed by atoms with Crippen molar-refractivity contribution in [2.45, 2.75) is 36.7 Å². The van der Waals surface area contributed by atoms with E-state index in [0.717, 1.165) is 43.3 Å². The molecule has 0 saturated heterocycles. The third-order valence-corrected chi connectivity index (χ3v) is 6.52. The Morgan fingerprint density at radius 1 is 1.30 bits per heavy atom. The lowest BCUT2D eigenvalue weighted by atomic mass is 10.1. The topological polar surface area (TPSA) is 156 Å². The molecule has 10 nitrogen and oxygen atoms in total. The fourth-order valence-corrected chi connectivity index (χ4v) is 4.20. The van der Waals surface area contributed by atoms with Crippen LogP contribution in [-0.4, -0.2) is 48.4 Å². The zero-order chi connectivity index (χ0) is 21.7. The minimum atomic E-state index is -3.37. The SMILES string of the molecule is CS(=O)(=O)c1ccc(/C(=N\OC2CCCC2)C(=O)Nc2ncc(/C(N)=N/O)s2)cc1. The monoisotopic (exact) mass is 451 g/mol. The van der Waals surface area contributed by atoms with Crippen molar-refractivity contribution in [1.82, 2.24) is 4.98 Å². The molecule has 160 valence electrons. The van der Waals surface area contributed by atoms with Gasteiger partial charge in [0.15, 0.2) is 26.5 Å². The first-order chi connectivity index (χ1) is 14.3. The Bertz CT molecular complexity index is 1070. The molecular formula is C18H21N5O5S2. The van der Waals surface area contributed by atoms with Crippen LogP contribution in [0.4, 0.5) is 5.13 Å². The Morgan fingerprint density at radius 2 is 1.97 bits per heavy atom. The molecule has 4 N–H and O–H groups in total. The third-order valence-electron chi connectivity index (χ3n) is 4.45. The maximum absolute atomic E-state index is 12.9. The summed E-state index contributed by atoms with van der Waals surface area (Å²) in [5.41, 5.74) is 5.90. The van der Waals surface area contributed by atoms with Gasteiger partial charge in [-0.15, -0.1) is 0 Å². The fourth-order valence-electron chi connectivity index (χ4n) is 2.86. The van der Waals surface area contributed by atoms with Gasteiger partial charge >= 0.3 is 0 Å². The molecule has 0 aliphatic heterocycles. The highest BCUT2D eigenvalue weighted by Gasteiger charge is 2.21. The number of hydrogen-bond donors (Lipinski definition) is 3. The van der Waals surface area contributed by atoms with E-state index in [9.17, 15) is 13.2 Å². The molecule has 1 aromatic carbocycles. The maximum Gasteiger partial charge on any atom is 0.280 e. The first-order valence-electron chi connectivity index (χ1n) is 9.07. The number of sulfone groups is 1. The lowest BCUT2D eigenvalue weighted by Crippen LogP contribution is -2.25. The van der Waals surface area contributed by atoms with Crippen LogP contribution in [0.2, 0.25) is 0 Å². The predicted octanol–water partition coefficient (Wildman–Crippen LogP) is 1.94. The number of oxime groups is 2. The minimum Gasteiger partial charge on any atom is -0.409 e. The molecule has 1 aliphatic carbocycles. The van der Waals surface area contributed by atoms with Crippen LogP contribution in [0.25, 0.3) is 0 Å². The number of rotatable bonds is 7. The summed E-state index contributed by atoms with van der Waals surface area (Å²) < 4.78 is 23.4. The van der Waals surface area contributed by atoms with E-state index in [1.54, 1.807) is 0 Å². The molecule has 1 aromatic heterocycles. The van der Waals surface area contributed by atoms with E-state index >= 15 is 0 Å². The van der Waals surface area contributed by atoms with Crippen molar-refractivity contribution in [1.29, 1.82) is 0 Å². The molecule has 12 heteroatoms. The lowest BCUT2D eigenvalue weighted by molar-refractivity contribution is -0.110. The third kappa shape index (κ3) is 5.33. The van der Waals surface area contributed by atoms with Crippen LogP contribution in [0.15, 0.2) is 45.7 Å². The van der Waals surface area contributed by atoms with Crippen molar-refractivity contribution in [3.63, 3.8) is 0 Å². The van der Waals surface area contributed by atoms with Gasteiger partial charge in [-0.2, -0.15) is 0 Å². The number of hydrogen-bond acceptors (Lipinski definition) is 9. The highest BCUT2D eigenvalue weighted by molar-refractivity contribution is 7.90. The summed E-state index contributed by atoms with van der Waals surface area (Å²) in [7, 11) is -3.37. The molecular weight excluding hydrogens is 430 g/mol. The Kier molecular flexibility index (Phi) is 6.67. The Morgan fingerprint density at radius 3 is 2.57 bits per heavy atom. The largest absolute Gasteiger partial charge is 0.409 e. The summed E-state index contributed by atoms with van der Waals surface area (Å²) in [5, 5.41) is 18.5. The average molecular weight is 452 g/mol. The average Bonchev–Trinajstić information content (AvgIpc) is 3.39. The van der Waals surface area contributed by atoms with Gasteiger partial charge in [0.1, 0.15) is 6.10 Å². The molecule has 30 heavy (non-hydrogen) atoms. The number of amidine groups is 1. The van der Waals surface area contributed by atoms with Crippen molar-refractivity contribution in [3.8, 4) is 0 Å². The number of nitrogens with two attached hydrogens (primary N) is 1. The van der Waals surface area contributed by atoms with Crippen LogP contribution in [0.5, 0.6) is 0 Å². The van der Waals surface area contributed by atoms with Gasteiger partial charge in [0.05, 0.1) is 16.0 Å². The Balaban J connectivity index is 1.85. The van der Waals surface area contributed by atoms with Gasteiger partial charge in [0.2, 0.25) is 0 Å². The molecule has 1 aliphatic rings. The minimum absolute atomic E-state index is 0.0116. The van der Waals surface area contributed by atoms with E-state index < -0.39 is 15.7 Å². The van der Waals surface area contributed by atoms with Gasteiger partial charge in [-0.3, -0.25) is 10.1 Å². The molecule has 0 radical (unpaired) electrons. The molecule has 0 unspecified atom stereocenters. The van der Waals surface area contributed by atoms with Crippen LogP contribution < -0.4 is 11.1 Å². The van der Waals surface area contributed by atoms with Crippen LogP contribution in [0, 0.1) is 0 Å². The highest BCUT2D eigenvalue weighted by atomic mass is 32.2. The zero-order valence-corrected chi connectivity index (χ0v) is 17.7. The number of carbonyl (C=O) groups excluding carboxylic acids is 1. The maximum atomic E-state index is 12.9. The van der Waals surface area contributed by atoms with Gasteiger partial charge in [0.25, 0.3) is 5.91 Å². The van der Waals surface area contributed by atoms with Crippen LogP contribution in [0.1, 0.15) is 36.1 Å². The van der Waals surface area contributed by atoms with Crippen molar-refractivity contribution < 1.29 is 23.3 Å². The standard InChI is InChI=1S/C18H21N5O5S2/c1-30(26,27)13-8-6-11(7-9-13)15(23-28-12-4-2-3-5-12)17(24)21-18-20-10-14(29-18)16(19)22-25/h6-10,12,25H,2-5H2,1H3,(H2,19,22)(H,20,21,24)/b23-15+. The van der Waals surface area contributed by atoms with Crippen molar-refractivity contribution in [3.05, 3.63) is 40.9 Å². The van der Waals surface area contributed by atoms with E-state index in [1.165, 1.54) is 30.5 Å². The van der Waals surface area contributed by atoms with Crippen molar-refractivity contribution >= 4 is 43.8 Å². The number of amides is 1. The molecule has 0 bridgehead atoms. The van der Waals surface area contributed by atoms with Crippen LogP contribution in [0.3, 0.4) is 0 Å². The smallest absolute Gasteiger partial charge is 0.280 e. The van der Waals surface area contributed by atoms with E-state index in [-0.39, 0.29) is 27.7 Å². The second kappa shape index (κ2) is 9.22. The fraction of sp³-hybridized carbons (Fsp3) is 0.333.